The molecule has 98 valence electrons. The molecule has 0 amide bonds. The highest BCUT2D eigenvalue weighted by Gasteiger charge is 2.40. The quantitative estimate of drug-likeness (QED) is 0.843. The lowest BCUT2D eigenvalue weighted by Gasteiger charge is -2.40. The molecule has 2 unspecified atom stereocenters. The van der Waals surface area contributed by atoms with E-state index in [-0.39, 0.29) is 0 Å². The summed E-state index contributed by atoms with van der Waals surface area (Å²) < 4.78 is 0. The molecule has 18 heavy (non-hydrogen) atoms. The zero-order chi connectivity index (χ0) is 12.5. The van der Waals surface area contributed by atoms with Gasteiger partial charge in [0.1, 0.15) is 0 Å². The van der Waals surface area contributed by atoms with Crippen molar-refractivity contribution in [2.75, 3.05) is 18.2 Å². The van der Waals surface area contributed by atoms with Gasteiger partial charge in [0.05, 0.1) is 0 Å². The highest BCUT2D eigenvalue weighted by molar-refractivity contribution is 7.98. The Kier molecular flexibility index (Phi) is 3.53. The Morgan fingerprint density at radius 3 is 2.56 bits per heavy atom. The standard InChI is InChI=1S/C15H22N2S/c1-16-11-8-13-6-7-14(9-11)17(13)12-4-3-5-15(10-12)18-2/h3-5,10-11,13-14,16H,6-9H2,1-2H3. The van der Waals surface area contributed by atoms with Crippen LogP contribution in [0.3, 0.4) is 0 Å². The third-order valence-corrected chi connectivity index (χ3v) is 5.22. The lowest BCUT2D eigenvalue weighted by molar-refractivity contribution is 0.373. The summed E-state index contributed by atoms with van der Waals surface area (Å²) in [7, 11) is 2.11. The normalized spacial score (nSPS) is 30.8. The van der Waals surface area contributed by atoms with Crippen molar-refractivity contribution in [3.8, 4) is 0 Å². The molecule has 0 aromatic heterocycles. The van der Waals surface area contributed by atoms with Gasteiger partial charge in [-0.2, -0.15) is 0 Å². The van der Waals surface area contributed by atoms with Crippen LogP contribution in [0.2, 0.25) is 0 Å². The molecule has 2 aliphatic heterocycles. The summed E-state index contributed by atoms with van der Waals surface area (Å²) in [6, 6.07) is 11.3. The maximum absolute atomic E-state index is 3.47. The fourth-order valence-electron chi connectivity index (χ4n) is 3.61. The number of benzene rings is 1. The number of fused-ring (bicyclic) bond motifs is 2. The molecule has 0 saturated carbocycles. The molecule has 0 aliphatic carbocycles. The minimum atomic E-state index is 0.725. The minimum absolute atomic E-state index is 0.725. The van der Waals surface area contributed by atoms with Gasteiger partial charge in [0.25, 0.3) is 0 Å². The van der Waals surface area contributed by atoms with Crippen molar-refractivity contribution in [2.45, 2.75) is 48.7 Å². The molecule has 3 rings (SSSR count). The van der Waals surface area contributed by atoms with Gasteiger partial charge in [-0.25, -0.2) is 0 Å². The largest absolute Gasteiger partial charge is 0.365 e. The maximum Gasteiger partial charge on any atom is 0.0382 e. The van der Waals surface area contributed by atoms with E-state index in [1.54, 1.807) is 0 Å². The van der Waals surface area contributed by atoms with Crippen molar-refractivity contribution in [1.82, 2.24) is 5.32 Å². The lowest BCUT2D eigenvalue weighted by atomic mass is 9.97. The van der Waals surface area contributed by atoms with Gasteiger partial charge in [-0.05, 0) is 57.2 Å². The number of nitrogens with one attached hydrogen (secondary N) is 1. The predicted molar refractivity (Wildman–Crippen MR) is 79.6 cm³/mol. The van der Waals surface area contributed by atoms with E-state index in [1.807, 2.05) is 11.8 Å². The first-order valence-electron chi connectivity index (χ1n) is 6.91. The zero-order valence-electron chi connectivity index (χ0n) is 11.2. The predicted octanol–water partition coefficient (Wildman–Crippen LogP) is 3.13. The van der Waals surface area contributed by atoms with Crippen molar-refractivity contribution in [3.63, 3.8) is 0 Å². The van der Waals surface area contributed by atoms with E-state index in [0.29, 0.717) is 0 Å². The molecule has 1 N–H and O–H groups in total. The van der Waals surface area contributed by atoms with Crippen LogP contribution in [-0.2, 0) is 0 Å². The second-order valence-electron chi connectivity index (χ2n) is 5.45. The van der Waals surface area contributed by atoms with Crippen LogP contribution in [0.4, 0.5) is 5.69 Å². The van der Waals surface area contributed by atoms with Crippen LogP contribution >= 0.6 is 11.8 Å². The first kappa shape index (κ1) is 12.4. The summed E-state index contributed by atoms with van der Waals surface area (Å²) >= 11 is 1.84. The van der Waals surface area contributed by atoms with Crippen LogP contribution in [0, 0.1) is 0 Å². The van der Waals surface area contributed by atoms with Gasteiger partial charge in [0, 0.05) is 28.7 Å². The Morgan fingerprint density at radius 2 is 1.94 bits per heavy atom. The molecule has 0 spiro atoms. The molecule has 2 saturated heterocycles. The van der Waals surface area contributed by atoms with Gasteiger partial charge in [-0.3, -0.25) is 0 Å². The summed E-state index contributed by atoms with van der Waals surface area (Å²) in [6.07, 6.45) is 7.49. The molecule has 2 heterocycles. The summed E-state index contributed by atoms with van der Waals surface area (Å²) in [6.45, 7) is 0. The molecule has 2 aliphatic rings. The molecule has 2 nitrogen and oxygen atoms in total. The fraction of sp³-hybridized carbons (Fsp3) is 0.600. The molecule has 2 bridgehead atoms. The van der Waals surface area contributed by atoms with Gasteiger partial charge in [-0.1, -0.05) is 6.07 Å². The van der Waals surface area contributed by atoms with E-state index in [2.05, 4.69) is 47.8 Å². The highest BCUT2D eigenvalue weighted by Crippen LogP contribution is 2.39. The Balaban J connectivity index is 1.84. The number of hydrogen-bond donors (Lipinski definition) is 1. The summed E-state index contributed by atoms with van der Waals surface area (Å²) in [5.74, 6) is 0. The minimum Gasteiger partial charge on any atom is -0.365 e. The smallest absolute Gasteiger partial charge is 0.0382 e. The van der Waals surface area contributed by atoms with Crippen LogP contribution in [-0.4, -0.2) is 31.4 Å². The molecule has 2 fully saturated rings. The van der Waals surface area contributed by atoms with Crippen LogP contribution in [0.1, 0.15) is 25.7 Å². The van der Waals surface area contributed by atoms with E-state index in [4.69, 9.17) is 0 Å². The van der Waals surface area contributed by atoms with Crippen LogP contribution < -0.4 is 10.2 Å². The Hall–Kier alpha value is -0.670. The van der Waals surface area contributed by atoms with Crippen molar-refractivity contribution < 1.29 is 0 Å². The van der Waals surface area contributed by atoms with Gasteiger partial charge >= 0.3 is 0 Å². The molecule has 1 aromatic carbocycles. The molecule has 0 radical (unpaired) electrons. The number of nitrogens with zero attached hydrogens (tertiary/aromatic N) is 1. The first-order valence-corrected chi connectivity index (χ1v) is 8.14. The maximum atomic E-state index is 3.47. The molecular weight excluding hydrogens is 240 g/mol. The van der Waals surface area contributed by atoms with Crippen molar-refractivity contribution >= 4 is 17.4 Å². The van der Waals surface area contributed by atoms with E-state index >= 15 is 0 Å². The molecule has 1 aromatic rings. The van der Waals surface area contributed by atoms with Crippen LogP contribution in [0.25, 0.3) is 0 Å². The van der Waals surface area contributed by atoms with E-state index < -0.39 is 0 Å². The molecular formula is C15H22N2S. The fourth-order valence-corrected chi connectivity index (χ4v) is 4.06. The second kappa shape index (κ2) is 5.14. The van der Waals surface area contributed by atoms with E-state index in [0.717, 1.165) is 18.1 Å². The van der Waals surface area contributed by atoms with E-state index in [1.165, 1.54) is 36.3 Å². The van der Waals surface area contributed by atoms with Crippen molar-refractivity contribution in [2.24, 2.45) is 0 Å². The average Bonchev–Trinajstić information content (AvgIpc) is 2.69. The Morgan fingerprint density at radius 1 is 1.22 bits per heavy atom. The molecule has 3 heteroatoms. The number of rotatable bonds is 3. The number of thioether (sulfide) groups is 1. The van der Waals surface area contributed by atoms with Gasteiger partial charge in [0.2, 0.25) is 0 Å². The van der Waals surface area contributed by atoms with Crippen molar-refractivity contribution in [3.05, 3.63) is 24.3 Å². The first-order chi connectivity index (χ1) is 8.81. The second-order valence-corrected chi connectivity index (χ2v) is 6.33. The third kappa shape index (κ3) is 2.14. The SMILES string of the molecule is CNC1CC2CCC(C1)N2c1cccc(SC)c1. The summed E-state index contributed by atoms with van der Waals surface area (Å²) in [5, 5.41) is 3.47. The third-order valence-electron chi connectivity index (χ3n) is 4.49. The van der Waals surface area contributed by atoms with Crippen LogP contribution in [0.5, 0.6) is 0 Å². The number of hydrogen-bond acceptors (Lipinski definition) is 3. The topological polar surface area (TPSA) is 15.3 Å². The summed E-state index contributed by atoms with van der Waals surface area (Å²) in [5.41, 5.74) is 1.43. The number of piperidine rings is 1. The lowest BCUT2D eigenvalue weighted by Crippen LogP contribution is -2.48. The van der Waals surface area contributed by atoms with Crippen LogP contribution in [0.15, 0.2) is 29.2 Å². The number of anilines is 1. The monoisotopic (exact) mass is 262 g/mol. The highest BCUT2D eigenvalue weighted by atomic mass is 32.2. The van der Waals surface area contributed by atoms with Gasteiger partial charge < -0.3 is 10.2 Å². The average molecular weight is 262 g/mol. The van der Waals surface area contributed by atoms with E-state index in [9.17, 15) is 0 Å². The molecule has 2 atom stereocenters. The Labute approximate surface area is 114 Å². The Bertz CT molecular complexity index is 407. The zero-order valence-corrected chi connectivity index (χ0v) is 12.0. The van der Waals surface area contributed by atoms with Crippen molar-refractivity contribution in [1.29, 1.82) is 0 Å². The van der Waals surface area contributed by atoms with Gasteiger partial charge in [0.15, 0.2) is 0 Å². The van der Waals surface area contributed by atoms with Gasteiger partial charge in [-0.15, -0.1) is 11.8 Å². The summed E-state index contributed by atoms with van der Waals surface area (Å²) in [4.78, 5) is 4.07.